The summed E-state index contributed by atoms with van der Waals surface area (Å²) in [7, 11) is 0. The lowest BCUT2D eigenvalue weighted by Gasteiger charge is -2.06. The van der Waals surface area contributed by atoms with E-state index in [0.717, 1.165) is 28.6 Å². The maximum absolute atomic E-state index is 12.7. The lowest BCUT2D eigenvalue weighted by molar-refractivity contribution is -0.0883. The smallest absolute Gasteiger partial charge is 0.361 e. The molecular formula is C22H20ClF3N4O2. The summed E-state index contributed by atoms with van der Waals surface area (Å²) in [6.07, 6.45) is 1.09. The second kappa shape index (κ2) is 9.86. The number of carbonyl (C=O) groups is 1. The minimum absolute atomic E-state index is 0.0156. The van der Waals surface area contributed by atoms with Gasteiger partial charge in [-0.15, -0.1) is 0 Å². The van der Waals surface area contributed by atoms with Gasteiger partial charge in [0.25, 0.3) is 11.7 Å². The highest BCUT2D eigenvalue weighted by Gasteiger charge is 2.30. The number of aromatic amines is 1. The number of amides is 1. The maximum Gasteiger partial charge on any atom is 0.416 e. The zero-order valence-electron chi connectivity index (χ0n) is 17.1. The van der Waals surface area contributed by atoms with Crippen molar-refractivity contribution in [3.63, 3.8) is 0 Å². The van der Waals surface area contributed by atoms with Crippen LogP contribution in [0.3, 0.4) is 0 Å². The summed E-state index contributed by atoms with van der Waals surface area (Å²) >= 11 is 6.04. The van der Waals surface area contributed by atoms with Crippen molar-refractivity contribution in [1.82, 2.24) is 20.4 Å². The van der Waals surface area contributed by atoms with E-state index in [2.05, 4.69) is 27.0 Å². The van der Waals surface area contributed by atoms with Gasteiger partial charge in [-0.25, -0.2) is 0 Å². The van der Waals surface area contributed by atoms with Crippen molar-refractivity contribution in [3.8, 4) is 0 Å². The van der Waals surface area contributed by atoms with Gasteiger partial charge in [-0.1, -0.05) is 41.6 Å². The molecule has 0 aliphatic carbocycles. The van der Waals surface area contributed by atoms with Gasteiger partial charge in [-0.3, -0.25) is 4.79 Å². The predicted octanol–water partition coefficient (Wildman–Crippen LogP) is 5.34. The third-order valence-electron chi connectivity index (χ3n) is 4.60. The second-order valence-corrected chi connectivity index (χ2v) is 7.37. The fourth-order valence-electron chi connectivity index (χ4n) is 2.98. The fourth-order valence-corrected chi connectivity index (χ4v) is 3.15. The molecule has 0 radical (unpaired) electrons. The first-order chi connectivity index (χ1) is 15.2. The monoisotopic (exact) mass is 464 g/mol. The molecule has 0 aliphatic rings. The topological polar surface area (TPSA) is 83.8 Å². The van der Waals surface area contributed by atoms with Crippen LogP contribution in [-0.4, -0.2) is 33.8 Å². The van der Waals surface area contributed by atoms with E-state index in [1.165, 1.54) is 13.0 Å². The van der Waals surface area contributed by atoms with Crippen LogP contribution in [0.15, 0.2) is 64.9 Å². The SMILES string of the molecule is C=C(/C=C\C(=C/C)C(F)(F)F)Cc1nc(C(=O)NCCc2c[nH]c3ccc(Cl)cc23)no1. The Labute approximate surface area is 186 Å². The number of H-pyrrole nitrogens is 1. The van der Waals surface area contributed by atoms with E-state index in [1.54, 1.807) is 6.07 Å². The summed E-state index contributed by atoms with van der Waals surface area (Å²) in [4.78, 5) is 19.4. The lowest BCUT2D eigenvalue weighted by Crippen LogP contribution is -2.26. The molecule has 2 aromatic heterocycles. The minimum atomic E-state index is -4.44. The third-order valence-corrected chi connectivity index (χ3v) is 4.83. The van der Waals surface area contributed by atoms with Crippen molar-refractivity contribution in [2.24, 2.45) is 0 Å². The number of fused-ring (bicyclic) bond motifs is 1. The predicted molar refractivity (Wildman–Crippen MR) is 115 cm³/mol. The zero-order chi connectivity index (χ0) is 23.3. The highest BCUT2D eigenvalue weighted by molar-refractivity contribution is 6.31. The number of hydrogen-bond acceptors (Lipinski definition) is 4. The maximum atomic E-state index is 12.7. The Balaban J connectivity index is 1.53. The summed E-state index contributed by atoms with van der Waals surface area (Å²) in [6, 6.07) is 5.53. The number of benzene rings is 1. The largest absolute Gasteiger partial charge is 0.416 e. The molecule has 0 bridgehead atoms. The quantitative estimate of drug-likeness (QED) is 0.441. The van der Waals surface area contributed by atoms with E-state index in [0.29, 0.717) is 23.6 Å². The van der Waals surface area contributed by atoms with E-state index < -0.39 is 17.7 Å². The Morgan fingerprint density at radius 1 is 1.34 bits per heavy atom. The molecule has 3 aromatic rings. The number of carbonyl (C=O) groups excluding carboxylic acids is 1. The number of allylic oxidation sites excluding steroid dienone is 5. The first kappa shape index (κ1) is 23.3. The molecule has 0 saturated heterocycles. The van der Waals surface area contributed by atoms with E-state index >= 15 is 0 Å². The second-order valence-electron chi connectivity index (χ2n) is 6.93. The third kappa shape index (κ3) is 5.88. The van der Waals surface area contributed by atoms with Crippen LogP contribution in [0, 0.1) is 0 Å². The Morgan fingerprint density at radius 3 is 2.84 bits per heavy atom. The van der Waals surface area contributed by atoms with Crippen LogP contribution in [-0.2, 0) is 12.8 Å². The minimum Gasteiger partial charge on any atom is -0.361 e. The molecule has 1 aromatic carbocycles. The first-order valence-corrected chi connectivity index (χ1v) is 10.0. The van der Waals surface area contributed by atoms with Crippen LogP contribution in [0.2, 0.25) is 5.02 Å². The molecule has 0 saturated carbocycles. The average molecular weight is 465 g/mol. The fraction of sp³-hybridized carbons (Fsp3) is 0.227. The van der Waals surface area contributed by atoms with Crippen LogP contribution in [0.1, 0.15) is 29.0 Å². The molecule has 6 nitrogen and oxygen atoms in total. The van der Waals surface area contributed by atoms with Crippen molar-refractivity contribution < 1.29 is 22.5 Å². The Kier molecular flexibility index (Phi) is 7.19. The molecule has 0 atom stereocenters. The van der Waals surface area contributed by atoms with Gasteiger partial charge in [0, 0.05) is 28.7 Å². The summed E-state index contributed by atoms with van der Waals surface area (Å²) in [5, 5.41) is 7.93. The highest BCUT2D eigenvalue weighted by atomic mass is 35.5. The van der Waals surface area contributed by atoms with Gasteiger partial charge in [-0.2, -0.15) is 18.2 Å². The van der Waals surface area contributed by atoms with Gasteiger partial charge in [0.15, 0.2) is 0 Å². The van der Waals surface area contributed by atoms with Crippen LogP contribution in [0.4, 0.5) is 13.2 Å². The lowest BCUT2D eigenvalue weighted by atomic mass is 10.1. The van der Waals surface area contributed by atoms with E-state index in [1.807, 2.05) is 18.3 Å². The number of hydrogen-bond donors (Lipinski definition) is 2. The van der Waals surface area contributed by atoms with Crippen molar-refractivity contribution >= 4 is 28.4 Å². The molecule has 0 fully saturated rings. The van der Waals surface area contributed by atoms with Crippen LogP contribution < -0.4 is 5.32 Å². The van der Waals surface area contributed by atoms with Gasteiger partial charge in [0.1, 0.15) is 0 Å². The van der Waals surface area contributed by atoms with E-state index in [9.17, 15) is 18.0 Å². The van der Waals surface area contributed by atoms with Crippen LogP contribution >= 0.6 is 11.6 Å². The molecule has 0 spiro atoms. The summed E-state index contributed by atoms with van der Waals surface area (Å²) in [5.74, 6) is -0.611. The zero-order valence-corrected chi connectivity index (χ0v) is 17.8. The van der Waals surface area contributed by atoms with Crippen molar-refractivity contribution in [2.45, 2.75) is 25.9 Å². The number of halogens is 4. The average Bonchev–Trinajstić information content (AvgIpc) is 3.34. The number of nitrogens with one attached hydrogen (secondary N) is 2. The van der Waals surface area contributed by atoms with Crippen molar-refractivity contribution in [2.75, 3.05) is 6.54 Å². The van der Waals surface area contributed by atoms with E-state index in [-0.39, 0.29) is 18.1 Å². The van der Waals surface area contributed by atoms with Crippen LogP contribution in [0.25, 0.3) is 10.9 Å². The molecule has 168 valence electrons. The summed E-state index contributed by atoms with van der Waals surface area (Å²) in [6.45, 7) is 5.31. The molecule has 3 rings (SSSR count). The van der Waals surface area contributed by atoms with Gasteiger partial charge in [0.2, 0.25) is 5.89 Å². The Morgan fingerprint density at radius 2 is 2.12 bits per heavy atom. The molecular weight excluding hydrogens is 445 g/mol. The highest BCUT2D eigenvalue weighted by Crippen LogP contribution is 2.27. The number of aromatic nitrogens is 3. The van der Waals surface area contributed by atoms with Crippen LogP contribution in [0.5, 0.6) is 0 Å². The standard InChI is InChI=1S/C22H20ClF3N4O2/c1-3-15(22(24,25)26)5-4-13(2)10-19-29-20(30-32-19)21(31)27-9-8-14-12-28-18-7-6-16(23)11-17(14)18/h3-7,11-12,28H,2,8-10H2,1H3,(H,27,31)/b5-4-,15-3+. The molecule has 2 N–H and O–H groups in total. The normalized spacial score (nSPS) is 12.6. The molecule has 2 heterocycles. The van der Waals surface area contributed by atoms with Crippen molar-refractivity contribution in [1.29, 1.82) is 0 Å². The van der Waals surface area contributed by atoms with Gasteiger partial charge in [-0.05, 0) is 42.7 Å². The number of rotatable bonds is 8. The summed E-state index contributed by atoms with van der Waals surface area (Å²) < 4.78 is 43.2. The number of nitrogens with zero attached hydrogens (tertiary/aromatic N) is 2. The molecule has 32 heavy (non-hydrogen) atoms. The van der Waals surface area contributed by atoms with Crippen molar-refractivity contribution in [3.05, 3.63) is 82.7 Å². The van der Waals surface area contributed by atoms with Gasteiger partial charge >= 0.3 is 6.18 Å². The molecule has 0 aliphatic heterocycles. The molecule has 10 heteroatoms. The molecule has 1 amide bonds. The van der Waals surface area contributed by atoms with Gasteiger partial charge < -0.3 is 14.8 Å². The Hall–Kier alpha value is -3.33. The number of alkyl halides is 3. The first-order valence-electron chi connectivity index (χ1n) is 9.63. The summed E-state index contributed by atoms with van der Waals surface area (Å²) in [5.41, 5.74) is 1.48. The van der Waals surface area contributed by atoms with Gasteiger partial charge in [0.05, 0.1) is 12.0 Å². The van der Waals surface area contributed by atoms with E-state index in [4.69, 9.17) is 16.1 Å². The molecule has 0 unspecified atom stereocenters. The Bertz CT molecular complexity index is 1190.